The fraction of sp³-hybridized carbons (Fsp3) is 0.333. The van der Waals surface area contributed by atoms with Gasteiger partial charge in [-0.25, -0.2) is 4.79 Å². The van der Waals surface area contributed by atoms with Gasteiger partial charge < -0.3 is 14.6 Å². The average Bonchev–Trinajstić information content (AvgIpc) is 3.34. The maximum absolute atomic E-state index is 13.4. The molecule has 0 spiro atoms. The lowest BCUT2D eigenvalue weighted by atomic mass is 9.80. The molecule has 0 amide bonds. The SMILES string of the molecule is CCOC(=O)[C@@]12C[C@]1(C(=O)c1ccc(C)cc1)[C@H](O)c1ccccc1O2. The van der Waals surface area contributed by atoms with Crippen molar-refractivity contribution in [1.82, 2.24) is 0 Å². The zero-order valence-electron chi connectivity index (χ0n) is 14.7. The van der Waals surface area contributed by atoms with Crippen LogP contribution in [0.2, 0.25) is 0 Å². The van der Waals surface area contributed by atoms with E-state index in [2.05, 4.69) is 0 Å². The molecule has 1 fully saturated rings. The maximum atomic E-state index is 13.4. The van der Waals surface area contributed by atoms with Gasteiger partial charge in [-0.3, -0.25) is 4.79 Å². The van der Waals surface area contributed by atoms with Crippen LogP contribution in [-0.2, 0) is 9.53 Å². The molecule has 26 heavy (non-hydrogen) atoms. The number of carbonyl (C=O) groups excluding carboxylic acids is 2. The average molecular weight is 352 g/mol. The summed E-state index contributed by atoms with van der Waals surface area (Å²) in [6.07, 6.45) is -1.04. The highest BCUT2D eigenvalue weighted by Gasteiger charge is 2.84. The van der Waals surface area contributed by atoms with E-state index >= 15 is 0 Å². The van der Waals surface area contributed by atoms with E-state index in [9.17, 15) is 14.7 Å². The summed E-state index contributed by atoms with van der Waals surface area (Å²) in [6.45, 7) is 3.81. The summed E-state index contributed by atoms with van der Waals surface area (Å²) in [5, 5.41) is 11.1. The number of aliphatic hydroxyl groups excluding tert-OH is 1. The second-order valence-electron chi connectivity index (χ2n) is 6.93. The Morgan fingerprint density at radius 2 is 1.88 bits per heavy atom. The van der Waals surface area contributed by atoms with Gasteiger partial charge in [0.25, 0.3) is 0 Å². The molecule has 134 valence electrons. The van der Waals surface area contributed by atoms with E-state index in [-0.39, 0.29) is 18.8 Å². The Hall–Kier alpha value is -2.66. The van der Waals surface area contributed by atoms with Crippen molar-refractivity contribution in [2.45, 2.75) is 32.0 Å². The molecule has 0 aromatic heterocycles. The van der Waals surface area contributed by atoms with Gasteiger partial charge in [0, 0.05) is 17.5 Å². The highest BCUT2D eigenvalue weighted by atomic mass is 16.6. The smallest absolute Gasteiger partial charge is 0.351 e. The van der Waals surface area contributed by atoms with Crippen LogP contribution in [0.1, 0.15) is 40.9 Å². The molecule has 0 unspecified atom stereocenters. The van der Waals surface area contributed by atoms with Crippen molar-refractivity contribution >= 4 is 11.8 Å². The van der Waals surface area contributed by atoms with Crippen LogP contribution in [0, 0.1) is 12.3 Å². The molecule has 1 aliphatic heterocycles. The van der Waals surface area contributed by atoms with Crippen LogP contribution in [0.4, 0.5) is 0 Å². The standard InChI is InChI=1S/C21H20O5/c1-3-25-19(24)21-12-20(21,17(22)14-10-8-13(2)9-11-14)18(23)15-6-4-5-7-16(15)26-21/h4-11,18,23H,3,12H2,1-2H3/t18-,20+,21+/m1/s1. The third kappa shape index (κ3) is 2.07. The lowest BCUT2D eigenvalue weighted by Gasteiger charge is -2.34. The van der Waals surface area contributed by atoms with Crippen molar-refractivity contribution < 1.29 is 24.2 Å². The van der Waals surface area contributed by atoms with Crippen molar-refractivity contribution in [3.05, 3.63) is 65.2 Å². The Kier molecular flexibility index (Phi) is 3.66. The highest BCUT2D eigenvalue weighted by Crippen LogP contribution is 2.70. The van der Waals surface area contributed by atoms with Crippen molar-refractivity contribution in [1.29, 1.82) is 0 Å². The molecule has 2 aromatic carbocycles. The molecule has 2 aromatic rings. The summed E-state index contributed by atoms with van der Waals surface area (Å²) < 4.78 is 11.2. The lowest BCUT2D eigenvalue weighted by Crippen LogP contribution is -2.46. The number of ether oxygens (including phenoxy) is 2. The van der Waals surface area contributed by atoms with E-state index in [1.165, 1.54) is 0 Å². The van der Waals surface area contributed by atoms with E-state index in [1.807, 2.05) is 19.1 Å². The molecule has 4 rings (SSSR count). The molecule has 2 aliphatic rings. The van der Waals surface area contributed by atoms with Gasteiger partial charge in [-0.1, -0.05) is 48.0 Å². The normalized spacial score (nSPS) is 28.3. The van der Waals surface area contributed by atoms with Crippen molar-refractivity contribution in [2.24, 2.45) is 5.41 Å². The van der Waals surface area contributed by atoms with E-state index < -0.39 is 23.1 Å². The minimum atomic E-state index is -1.47. The maximum Gasteiger partial charge on any atom is 0.351 e. The van der Waals surface area contributed by atoms with E-state index in [4.69, 9.17) is 9.47 Å². The molecule has 1 heterocycles. The Bertz CT molecular complexity index is 888. The van der Waals surface area contributed by atoms with Gasteiger partial charge in [0.15, 0.2) is 5.78 Å². The van der Waals surface area contributed by atoms with Crippen LogP contribution in [0.15, 0.2) is 48.5 Å². The zero-order chi connectivity index (χ0) is 18.5. The Morgan fingerprint density at radius 3 is 2.58 bits per heavy atom. The fourth-order valence-electron chi connectivity index (χ4n) is 3.94. The van der Waals surface area contributed by atoms with E-state index in [1.54, 1.807) is 43.3 Å². The monoisotopic (exact) mass is 352 g/mol. The number of para-hydroxylation sites is 1. The molecular formula is C21H20O5. The van der Waals surface area contributed by atoms with E-state index in [0.717, 1.165) is 5.56 Å². The second kappa shape index (κ2) is 5.68. The molecule has 1 saturated carbocycles. The van der Waals surface area contributed by atoms with Crippen molar-refractivity contribution in [3.8, 4) is 5.75 Å². The first kappa shape index (κ1) is 16.8. The third-order valence-corrected chi connectivity index (χ3v) is 5.41. The molecule has 1 aliphatic carbocycles. The zero-order valence-corrected chi connectivity index (χ0v) is 14.7. The Morgan fingerprint density at radius 1 is 1.19 bits per heavy atom. The highest BCUT2D eigenvalue weighted by molar-refractivity contribution is 6.10. The van der Waals surface area contributed by atoms with Gasteiger partial charge in [0.1, 0.15) is 17.3 Å². The van der Waals surface area contributed by atoms with Crippen molar-refractivity contribution in [2.75, 3.05) is 6.61 Å². The number of esters is 1. The second-order valence-corrected chi connectivity index (χ2v) is 6.93. The number of aliphatic hydroxyl groups is 1. The topological polar surface area (TPSA) is 72.8 Å². The Balaban J connectivity index is 1.83. The molecule has 5 heteroatoms. The quantitative estimate of drug-likeness (QED) is 0.676. The third-order valence-electron chi connectivity index (χ3n) is 5.41. The Labute approximate surface area is 151 Å². The minimum Gasteiger partial charge on any atom is -0.474 e. The summed E-state index contributed by atoms with van der Waals surface area (Å²) in [5.41, 5.74) is -0.840. The molecular weight excluding hydrogens is 332 g/mol. The van der Waals surface area contributed by atoms with Crippen molar-refractivity contribution in [3.63, 3.8) is 0 Å². The number of benzene rings is 2. The molecule has 0 radical (unpaired) electrons. The molecule has 1 N–H and O–H groups in total. The number of aryl methyl sites for hydroxylation is 1. The lowest BCUT2D eigenvalue weighted by molar-refractivity contribution is -0.158. The number of carbonyl (C=O) groups is 2. The summed E-state index contributed by atoms with van der Waals surface area (Å²) in [6, 6.07) is 14.1. The molecule has 0 saturated heterocycles. The summed E-state index contributed by atoms with van der Waals surface area (Å²) in [7, 11) is 0. The predicted octanol–water partition coefficient (Wildman–Crippen LogP) is 3.00. The minimum absolute atomic E-state index is 0.0986. The van der Waals surface area contributed by atoms with Gasteiger partial charge >= 0.3 is 5.97 Å². The van der Waals surface area contributed by atoms with Crippen LogP contribution < -0.4 is 4.74 Å². The van der Waals surface area contributed by atoms with Crippen LogP contribution in [-0.4, -0.2) is 29.1 Å². The number of hydrogen-bond acceptors (Lipinski definition) is 5. The van der Waals surface area contributed by atoms with Crippen LogP contribution in [0.25, 0.3) is 0 Å². The largest absolute Gasteiger partial charge is 0.474 e. The van der Waals surface area contributed by atoms with Gasteiger partial charge in [0.05, 0.1) is 6.61 Å². The summed E-state index contributed by atoms with van der Waals surface area (Å²) in [5.74, 6) is -0.487. The van der Waals surface area contributed by atoms with Crippen LogP contribution >= 0.6 is 0 Å². The van der Waals surface area contributed by atoms with Crippen LogP contribution in [0.5, 0.6) is 5.75 Å². The van der Waals surface area contributed by atoms with E-state index in [0.29, 0.717) is 16.9 Å². The first-order valence-electron chi connectivity index (χ1n) is 8.71. The van der Waals surface area contributed by atoms with Gasteiger partial charge in [0.2, 0.25) is 5.60 Å². The molecule has 5 nitrogen and oxygen atoms in total. The van der Waals surface area contributed by atoms with Gasteiger partial charge in [-0.05, 0) is 19.9 Å². The predicted molar refractivity (Wildman–Crippen MR) is 94.0 cm³/mol. The molecule has 3 atom stereocenters. The van der Waals surface area contributed by atoms with Crippen LogP contribution in [0.3, 0.4) is 0 Å². The first-order chi connectivity index (χ1) is 12.5. The number of rotatable bonds is 4. The summed E-state index contributed by atoms with van der Waals surface area (Å²) in [4.78, 5) is 26.1. The number of Topliss-reactive ketones (excluding diaryl/α,β-unsaturated/α-hetero) is 1. The number of ketones is 1. The fourth-order valence-corrected chi connectivity index (χ4v) is 3.94. The first-order valence-corrected chi connectivity index (χ1v) is 8.71. The van der Waals surface area contributed by atoms with Gasteiger partial charge in [-0.2, -0.15) is 0 Å². The van der Waals surface area contributed by atoms with Gasteiger partial charge in [-0.15, -0.1) is 0 Å². The summed E-state index contributed by atoms with van der Waals surface area (Å²) >= 11 is 0. The number of hydrogen-bond donors (Lipinski definition) is 1. The molecule has 0 bridgehead atoms. The number of fused-ring (bicyclic) bond motifs is 2.